The van der Waals surface area contributed by atoms with E-state index in [0.29, 0.717) is 5.69 Å². The monoisotopic (exact) mass is 308 g/mol. The Kier molecular flexibility index (Phi) is 3.38. The lowest BCUT2D eigenvalue weighted by Gasteiger charge is -2.26. The summed E-state index contributed by atoms with van der Waals surface area (Å²) in [5, 5.41) is 7.25. The van der Waals surface area contributed by atoms with Gasteiger partial charge in [0.15, 0.2) is 5.65 Å². The van der Waals surface area contributed by atoms with E-state index >= 15 is 0 Å². The maximum absolute atomic E-state index is 12.6. The van der Waals surface area contributed by atoms with Gasteiger partial charge in [0.25, 0.3) is 0 Å². The van der Waals surface area contributed by atoms with E-state index in [9.17, 15) is 4.79 Å². The number of nitrogens with zero attached hydrogens (tertiary/aromatic N) is 5. The number of aromatic nitrogens is 4. The second-order valence-corrected chi connectivity index (χ2v) is 5.49. The van der Waals surface area contributed by atoms with Crippen molar-refractivity contribution < 1.29 is 4.79 Å². The van der Waals surface area contributed by atoms with Crippen molar-refractivity contribution in [1.82, 2.24) is 19.6 Å². The van der Waals surface area contributed by atoms with Crippen molar-refractivity contribution in [3.63, 3.8) is 0 Å². The number of nitrogens with one attached hydrogen (secondary N) is 1. The van der Waals surface area contributed by atoms with Gasteiger partial charge in [-0.15, -0.1) is 0 Å². The minimum Gasteiger partial charge on any atom is -0.344 e. The Balaban J connectivity index is 1.61. The van der Waals surface area contributed by atoms with Gasteiger partial charge in [-0.3, -0.25) is 9.78 Å². The van der Waals surface area contributed by atoms with Crippen molar-refractivity contribution in [2.45, 2.75) is 18.9 Å². The first-order valence-electron chi connectivity index (χ1n) is 7.59. The maximum Gasteiger partial charge on any atom is 0.247 e. The first-order valence-corrected chi connectivity index (χ1v) is 7.59. The molecule has 0 bridgehead atoms. The number of carbonyl (C=O) groups excluding carboxylic acids is 1. The third-order valence-electron chi connectivity index (χ3n) is 4.05. The molecule has 1 N–H and O–H groups in total. The number of hydrogen-bond acceptors (Lipinski definition) is 5. The molecule has 4 rings (SSSR count). The maximum atomic E-state index is 12.6. The summed E-state index contributed by atoms with van der Waals surface area (Å²) in [5.41, 5.74) is 1.49. The molecule has 7 nitrogen and oxygen atoms in total. The van der Waals surface area contributed by atoms with E-state index in [1.165, 1.54) is 0 Å². The zero-order chi connectivity index (χ0) is 15.6. The average molecular weight is 308 g/mol. The Morgan fingerprint density at radius 1 is 1.22 bits per heavy atom. The summed E-state index contributed by atoms with van der Waals surface area (Å²) < 4.78 is 1.77. The molecule has 1 aliphatic rings. The number of pyridine rings is 1. The molecule has 4 heterocycles. The first-order chi connectivity index (χ1) is 11.3. The van der Waals surface area contributed by atoms with Gasteiger partial charge in [-0.25, -0.2) is 4.98 Å². The van der Waals surface area contributed by atoms with Crippen LogP contribution in [0.2, 0.25) is 0 Å². The van der Waals surface area contributed by atoms with E-state index in [2.05, 4.69) is 25.3 Å². The van der Waals surface area contributed by atoms with Gasteiger partial charge in [-0.05, 0) is 31.0 Å². The molecule has 0 spiro atoms. The highest BCUT2D eigenvalue weighted by Crippen LogP contribution is 2.26. The fraction of sp³-hybridized carbons (Fsp3) is 0.250. The molecular weight excluding hydrogens is 292 g/mol. The van der Waals surface area contributed by atoms with Crippen LogP contribution in [0.15, 0.2) is 49.1 Å². The molecule has 0 radical (unpaired) electrons. The average Bonchev–Trinajstić information content (AvgIpc) is 3.24. The van der Waals surface area contributed by atoms with Crippen LogP contribution in [0.1, 0.15) is 12.8 Å². The molecule has 3 aromatic rings. The molecule has 1 saturated heterocycles. The van der Waals surface area contributed by atoms with E-state index in [-0.39, 0.29) is 11.9 Å². The summed E-state index contributed by atoms with van der Waals surface area (Å²) in [6.45, 7) is 0.824. The van der Waals surface area contributed by atoms with Gasteiger partial charge in [-0.1, -0.05) is 0 Å². The first kappa shape index (κ1) is 13.7. The number of rotatable bonds is 3. The number of anilines is 2. The lowest BCUT2D eigenvalue weighted by atomic mass is 10.2. The van der Waals surface area contributed by atoms with E-state index in [1.807, 2.05) is 18.2 Å². The number of fused-ring (bicyclic) bond motifs is 1. The van der Waals surface area contributed by atoms with Gasteiger partial charge in [0, 0.05) is 25.0 Å². The summed E-state index contributed by atoms with van der Waals surface area (Å²) in [6.07, 6.45) is 8.58. The third-order valence-corrected chi connectivity index (χ3v) is 4.05. The fourth-order valence-electron chi connectivity index (χ4n) is 3.01. The minimum absolute atomic E-state index is 0.0207. The lowest BCUT2D eigenvalue weighted by molar-refractivity contribution is -0.117. The molecule has 1 aliphatic heterocycles. The summed E-state index contributed by atoms with van der Waals surface area (Å²) in [6, 6.07) is 7.17. The van der Waals surface area contributed by atoms with E-state index in [1.54, 1.807) is 35.4 Å². The van der Waals surface area contributed by atoms with Crippen LogP contribution < -0.4 is 10.2 Å². The van der Waals surface area contributed by atoms with Crippen LogP contribution in [-0.4, -0.2) is 38.1 Å². The number of amides is 1. The van der Waals surface area contributed by atoms with Gasteiger partial charge < -0.3 is 10.2 Å². The predicted octanol–water partition coefficient (Wildman–Crippen LogP) is 1.73. The SMILES string of the molecule is O=C(Nc1cccnc1)[C@@H]1CCCN1c1ccnc2ccnn12. The highest BCUT2D eigenvalue weighted by molar-refractivity contribution is 5.97. The molecular formula is C16H16N6O. The minimum atomic E-state index is -0.218. The topological polar surface area (TPSA) is 75.4 Å². The summed E-state index contributed by atoms with van der Waals surface area (Å²) >= 11 is 0. The highest BCUT2D eigenvalue weighted by atomic mass is 16.2. The normalized spacial score (nSPS) is 17.6. The largest absolute Gasteiger partial charge is 0.344 e. The van der Waals surface area contributed by atoms with E-state index in [0.717, 1.165) is 30.9 Å². The Morgan fingerprint density at radius 3 is 3.04 bits per heavy atom. The van der Waals surface area contributed by atoms with Crippen LogP contribution in [0.5, 0.6) is 0 Å². The van der Waals surface area contributed by atoms with Crippen LogP contribution in [-0.2, 0) is 4.79 Å². The number of carbonyl (C=O) groups is 1. The zero-order valence-corrected chi connectivity index (χ0v) is 12.5. The van der Waals surface area contributed by atoms with Crippen molar-refractivity contribution in [2.75, 3.05) is 16.8 Å². The van der Waals surface area contributed by atoms with Gasteiger partial charge >= 0.3 is 0 Å². The lowest BCUT2D eigenvalue weighted by Crippen LogP contribution is -2.40. The van der Waals surface area contributed by atoms with Crippen LogP contribution in [0, 0.1) is 0 Å². The highest BCUT2D eigenvalue weighted by Gasteiger charge is 2.32. The van der Waals surface area contributed by atoms with Crippen molar-refractivity contribution in [2.24, 2.45) is 0 Å². The van der Waals surface area contributed by atoms with Crippen molar-refractivity contribution in [1.29, 1.82) is 0 Å². The molecule has 23 heavy (non-hydrogen) atoms. The smallest absolute Gasteiger partial charge is 0.247 e. The number of hydrogen-bond donors (Lipinski definition) is 1. The second kappa shape index (κ2) is 5.68. The second-order valence-electron chi connectivity index (χ2n) is 5.49. The molecule has 1 atom stereocenters. The Morgan fingerprint density at radius 2 is 2.17 bits per heavy atom. The third kappa shape index (κ3) is 2.50. The quantitative estimate of drug-likeness (QED) is 0.797. The van der Waals surface area contributed by atoms with Gasteiger partial charge in [0.2, 0.25) is 5.91 Å². The molecule has 7 heteroatoms. The molecule has 1 fully saturated rings. The van der Waals surface area contributed by atoms with Crippen molar-refractivity contribution >= 4 is 23.1 Å². The standard InChI is InChI=1S/C16H16N6O/c23-16(20-12-3-1-7-17-11-12)13-4-2-10-21(13)15-6-8-18-14-5-9-19-22(14)15/h1,3,5-9,11,13H,2,4,10H2,(H,20,23)/t13-/m0/s1. The van der Waals surface area contributed by atoms with Gasteiger partial charge in [-0.2, -0.15) is 9.61 Å². The fourth-order valence-corrected chi connectivity index (χ4v) is 3.01. The van der Waals surface area contributed by atoms with Gasteiger partial charge in [0.1, 0.15) is 11.9 Å². The Labute approximate surface area is 133 Å². The van der Waals surface area contributed by atoms with E-state index < -0.39 is 0 Å². The molecule has 0 unspecified atom stereocenters. The molecule has 0 aliphatic carbocycles. The molecule has 0 aromatic carbocycles. The molecule has 3 aromatic heterocycles. The summed E-state index contributed by atoms with van der Waals surface area (Å²) in [4.78, 5) is 23.0. The van der Waals surface area contributed by atoms with Crippen LogP contribution in [0.3, 0.4) is 0 Å². The summed E-state index contributed by atoms with van der Waals surface area (Å²) in [5.74, 6) is 0.872. The predicted molar refractivity (Wildman–Crippen MR) is 86.2 cm³/mol. The molecule has 116 valence electrons. The van der Waals surface area contributed by atoms with Crippen molar-refractivity contribution in [3.8, 4) is 0 Å². The van der Waals surface area contributed by atoms with Crippen LogP contribution in [0.25, 0.3) is 5.65 Å². The van der Waals surface area contributed by atoms with Gasteiger partial charge in [0.05, 0.1) is 18.1 Å². The molecule has 1 amide bonds. The van der Waals surface area contributed by atoms with Crippen LogP contribution in [0.4, 0.5) is 11.5 Å². The van der Waals surface area contributed by atoms with Crippen LogP contribution >= 0.6 is 0 Å². The Bertz CT molecular complexity index is 831. The van der Waals surface area contributed by atoms with E-state index in [4.69, 9.17) is 0 Å². The zero-order valence-electron chi connectivity index (χ0n) is 12.5. The van der Waals surface area contributed by atoms with Crippen molar-refractivity contribution in [3.05, 3.63) is 49.1 Å². The molecule has 0 saturated carbocycles. The summed E-state index contributed by atoms with van der Waals surface area (Å²) in [7, 11) is 0. The Hall–Kier alpha value is -2.96.